The van der Waals surface area contributed by atoms with Gasteiger partial charge in [-0.3, -0.25) is 5.32 Å². The number of rotatable bonds is 10. The van der Waals surface area contributed by atoms with Crippen LogP contribution in [0, 0.1) is 11.3 Å². The summed E-state index contributed by atoms with van der Waals surface area (Å²) in [4.78, 5) is 0. The predicted molar refractivity (Wildman–Crippen MR) is 87.5 cm³/mol. The molecule has 0 fully saturated rings. The number of hydrogen-bond acceptors (Lipinski definition) is 3. The van der Waals surface area contributed by atoms with E-state index in [1.165, 1.54) is 5.56 Å². The van der Waals surface area contributed by atoms with Gasteiger partial charge < -0.3 is 4.74 Å². The van der Waals surface area contributed by atoms with E-state index in [0.29, 0.717) is 6.61 Å². The van der Waals surface area contributed by atoms with Gasteiger partial charge in [-0.05, 0) is 56.8 Å². The highest BCUT2D eigenvalue weighted by Gasteiger charge is 2.21. The van der Waals surface area contributed by atoms with Crippen LogP contribution in [0.3, 0.4) is 0 Å². The third-order valence-corrected chi connectivity index (χ3v) is 3.56. The molecule has 1 rings (SSSR count). The third-order valence-electron chi connectivity index (χ3n) is 3.56. The number of ether oxygens (including phenoxy) is 1. The fraction of sp³-hybridized carbons (Fsp3) is 0.611. The van der Waals surface area contributed by atoms with Crippen LogP contribution in [0.2, 0.25) is 0 Å². The molecule has 0 aliphatic heterocycles. The normalized spacial score (nSPS) is 13.4. The van der Waals surface area contributed by atoms with Crippen LogP contribution in [-0.2, 0) is 6.42 Å². The predicted octanol–water partition coefficient (Wildman–Crippen LogP) is 4.08. The standard InChI is InChI=1S/C18H28N2O/c1-4-7-16-8-10-17(11-9-16)21-14-6-12-18(3,15-19)20-13-5-2/h8-11,20H,4-7,12-14H2,1-3H3. The number of hydrogen-bond donors (Lipinski definition) is 1. The Morgan fingerprint density at radius 3 is 2.48 bits per heavy atom. The second-order valence-electron chi connectivity index (χ2n) is 5.72. The fourth-order valence-electron chi connectivity index (χ4n) is 2.24. The van der Waals surface area contributed by atoms with Gasteiger partial charge in [0.25, 0.3) is 0 Å². The first-order valence-corrected chi connectivity index (χ1v) is 8.01. The van der Waals surface area contributed by atoms with Crippen molar-refractivity contribution < 1.29 is 4.74 Å². The molecule has 0 heterocycles. The Hall–Kier alpha value is -1.53. The molecule has 1 atom stereocenters. The van der Waals surface area contributed by atoms with E-state index in [2.05, 4.69) is 37.4 Å². The monoisotopic (exact) mass is 288 g/mol. The Morgan fingerprint density at radius 2 is 1.90 bits per heavy atom. The van der Waals surface area contributed by atoms with Gasteiger partial charge in [0.05, 0.1) is 12.7 Å². The number of nitriles is 1. The summed E-state index contributed by atoms with van der Waals surface area (Å²) < 4.78 is 5.75. The maximum atomic E-state index is 9.26. The van der Waals surface area contributed by atoms with Crippen LogP contribution in [0.15, 0.2) is 24.3 Å². The van der Waals surface area contributed by atoms with E-state index in [9.17, 15) is 5.26 Å². The van der Waals surface area contributed by atoms with Gasteiger partial charge in [-0.15, -0.1) is 0 Å². The van der Waals surface area contributed by atoms with Crippen LogP contribution in [0.4, 0.5) is 0 Å². The van der Waals surface area contributed by atoms with E-state index in [4.69, 9.17) is 4.74 Å². The maximum absolute atomic E-state index is 9.26. The van der Waals surface area contributed by atoms with Crippen LogP contribution in [-0.4, -0.2) is 18.7 Å². The number of aryl methyl sites for hydroxylation is 1. The Bertz CT molecular complexity index is 436. The first kappa shape index (κ1) is 17.5. The third kappa shape index (κ3) is 6.64. The van der Waals surface area contributed by atoms with Crippen molar-refractivity contribution in [3.63, 3.8) is 0 Å². The van der Waals surface area contributed by atoms with Gasteiger partial charge in [0.1, 0.15) is 11.3 Å². The van der Waals surface area contributed by atoms with Gasteiger partial charge in [-0.2, -0.15) is 5.26 Å². The van der Waals surface area contributed by atoms with Crippen molar-refractivity contribution in [3.8, 4) is 11.8 Å². The minimum Gasteiger partial charge on any atom is -0.494 e. The second kappa shape index (κ2) is 9.41. The maximum Gasteiger partial charge on any atom is 0.119 e. The van der Waals surface area contributed by atoms with E-state index in [-0.39, 0.29) is 0 Å². The lowest BCUT2D eigenvalue weighted by Gasteiger charge is -2.23. The molecule has 3 nitrogen and oxygen atoms in total. The van der Waals surface area contributed by atoms with Gasteiger partial charge in [-0.1, -0.05) is 32.4 Å². The molecule has 0 saturated carbocycles. The summed E-state index contributed by atoms with van der Waals surface area (Å²) in [6.45, 7) is 7.78. The molecule has 0 radical (unpaired) electrons. The van der Waals surface area contributed by atoms with Crippen molar-refractivity contribution in [1.82, 2.24) is 5.32 Å². The SMILES string of the molecule is CCCNC(C)(C#N)CCCOc1ccc(CCC)cc1. The summed E-state index contributed by atoms with van der Waals surface area (Å²) >= 11 is 0. The minimum absolute atomic E-state index is 0.440. The molecule has 0 amide bonds. The number of benzene rings is 1. The van der Waals surface area contributed by atoms with Gasteiger partial charge >= 0.3 is 0 Å². The summed E-state index contributed by atoms with van der Waals surface area (Å²) in [6, 6.07) is 10.7. The first-order valence-electron chi connectivity index (χ1n) is 8.01. The number of nitrogens with one attached hydrogen (secondary N) is 1. The highest BCUT2D eigenvalue weighted by atomic mass is 16.5. The van der Waals surface area contributed by atoms with Crippen LogP contribution in [0.1, 0.15) is 52.0 Å². The van der Waals surface area contributed by atoms with E-state index in [0.717, 1.165) is 44.4 Å². The molecular weight excluding hydrogens is 260 g/mol. The van der Waals surface area contributed by atoms with Crippen LogP contribution in [0.25, 0.3) is 0 Å². The highest BCUT2D eigenvalue weighted by molar-refractivity contribution is 5.27. The van der Waals surface area contributed by atoms with Crippen molar-refractivity contribution in [2.24, 2.45) is 0 Å². The molecule has 116 valence electrons. The average Bonchev–Trinajstić information content (AvgIpc) is 2.51. The molecule has 1 unspecified atom stereocenters. The molecule has 0 spiro atoms. The largest absolute Gasteiger partial charge is 0.494 e. The fourth-order valence-corrected chi connectivity index (χ4v) is 2.24. The summed E-state index contributed by atoms with van der Waals surface area (Å²) in [5.41, 5.74) is 0.912. The van der Waals surface area contributed by atoms with Gasteiger partial charge in [0.15, 0.2) is 0 Å². The molecule has 21 heavy (non-hydrogen) atoms. The smallest absolute Gasteiger partial charge is 0.119 e. The van der Waals surface area contributed by atoms with Crippen molar-refractivity contribution in [3.05, 3.63) is 29.8 Å². The lowest BCUT2D eigenvalue weighted by molar-refractivity contribution is 0.285. The van der Waals surface area contributed by atoms with Crippen molar-refractivity contribution in [1.29, 1.82) is 5.26 Å². The number of nitrogens with zero attached hydrogens (tertiary/aromatic N) is 1. The molecule has 0 aliphatic rings. The second-order valence-corrected chi connectivity index (χ2v) is 5.72. The Labute approximate surface area is 129 Å². The molecular formula is C18H28N2O. The molecule has 0 aliphatic carbocycles. The zero-order valence-electron chi connectivity index (χ0n) is 13.6. The van der Waals surface area contributed by atoms with E-state index in [1.807, 2.05) is 19.1 Å². The van der Waals surface area contributed by atoms with Gasteiger partial charge in [-0.25, -0.2) is 0 Å². The van der Waals surface area contributed by atoms with E-state index in [1.54, 1.807) is 0 Å². The minimum atomic E-state index is -0.440. The topological polar surface area (TPSA) is 45.0 Å². The van der Waals surface area contributed by atoms with Crippen LogP contribution >= 0.6 is 0 Å². The zero-order valence-corrected chi connectivity index (χ0v) is 13.6. The quantitative estimate of drug-likeness (QED) is 0.660. The lowest BCUT2D eigenvalue weighted by Crippen LogP contribution is -2.41. The van der Waals surface area contributed by atoms with Crippen LogP contribution in [0.5, 0.6) is 5.75 Å². The summed E-state index contributed by atoms with van der Waals surface area (Å²) in [5.74, 6) is 0.912. The average molecular weight is 288 g/mol. The zero-order chi connectivity index (χ0) is 15.6. The Balaban J connectivity index is 2.31. The molecule has 1 N–H and O–H groups in total. The summed E-state index contributed by atoms with van der Waals surface area (Å²) in [7, 11) is 0. The van der Waals surface area contributed by atoms with Crippen molar-refractivity contribution in [2.45, 2.75) is 58.4 Å². The van der Waals surface area contributed by atoms with Crippen molar-refractivity contribution >= 4 is 0 Å². The molecule has 0 aromatic heterocycles. The van der Waals surface area contributed by atoms with Gasteiger partial charge in [0, 0.05) is 0 Å². The molecule has 0 bridgehead atoms. The summed E-state index contributed by atoms with van der Waals surface area (Å²) in [5, 5.41) is 12.6. The molecule has 3 heteroatoms. The molecule has 0 saturated heterocycles. The molecule has 1 aromatic rings. The molecule has 1 aromatic carbocycles. The van der Waals surface area contributed by atoms with E-state index >= 15 is 0 Å². The summed E-state index contributed by atoms with van der Waals surface area (Å²) in [6.07, 6.45) is 4.99. The van der Waals surface area contributed by atoms with Crippen LogP contribution < -0.4 is 10.1 Å². The first-order chi connectivity index (χ1) is 10.1. The Morgan fingerprint density at radius 1 is 1.19 bits per heavy atom. The lowest BCUT2D eigenvalue weighted by atomic mass is 9.98. The van der Waals surface area contributed by atoms with E-state index < -0.39 is 5.54 Å². The van der Waals surface area contributed by atoms with Gasteiger partial charge in [0.2, 0.25) is 0 Å². The van der Waals surface area contributed by atoms with Crippen molar-refractivity contribution in [2.75, 3.05) is 13.2 Å². The Kier molecular flexibility index (Phi) is 7.85. The highest BCUT2D eigenvalue weighted by Crippen LogP contribution is 2.15.